The van der Waals surface area contributed by atoms with Gasteiger partial charge in [-0.05, 0) is 45.0 Å². The summed E-state index contributed by atoms with van der Waals surface area (Å²) >= 11 is 4.05. The number of nitrogens with zero attached hydrogens (tertiary/aromatic N) is 1. The Labute approximate surface area is 116 Å². The molecule has 0 saturated heterocycles. The number of thiophene rings is 1. The van der Waals surface area contributed by atoms with Crippen molar-refractivity contribution in [1.82, 2.24) is 4.98 Å². The average molecular weight is 358 g/mol. The number of hydrogen-bond donors (Lipinski definition) is 3. The molecule has 0 atom stereocenters. The van der Waals surface area contributed by atoms with Crippen LogP contribution in [0.5, 0.6) is 0 Å². The normalized spacial score (nSPS) is 14.1. The van der Waals surface area contributed by atoms with Crippen LogP contribution in [0.25, 0.3) is 0 Å². The third-order valence-corrected chi connectivity index (χ3v) is 4.40. The first-order chi connectivity index (χ1) is 8.24. The maximum atomic E-state index is 5.73. The summed E-state index contributed by atoms with van der Waals surface area (Å²) in [7, 11) is 0. The van der Waals surface area contributed by atoms with Crippen molar-refractivity contribution in [3.05, 3.63) is 37.3 Å². The molecule has 2 aromatic heterocycles. The van der Waals surface area contributed by atoms with E-state index in [-0.39, 0.29) is 0 Å². The first-order valence-corrected chi connectivity index (χ1v) is 7.23. The highest BCUT2D eigenvalue weighted by Crippen LogP contribution is 2.31. The molecular formula is C11H11IN4S. The fourth-order valence-electron chi connectivity index (χ4n) is 1.93. The lowest BCUT2D eigenvalue weighted by Crippen LogP contribution is -2.26. The predicted molar refractivity (Wildman–Crippen MR) is 79.6 cm³/mol. The Bertz CT molecular complexity index is 571. The topological polar surface area (TPSA) is 66.2 Å². The number of aliphatic imine (C=N–C) groups is 1. The number of aromatic nitrogens is 1. The lowest BCUT2D eigenvalue weighted by molar-refractivity contribution is 0.985. The first-order valence-electron chi connectivity index (χ1n) is 5.21. The van der Waals surface area contributed by atoms with E-state index >= 15 is 0 Å². The van der Waals surface area contributed by atoms with Crippen LogP contribution in [0.3, 0.4) is 0 Å². The van der Waals surface area contributed by atoms with E-state index in [0.29, 0.717) is 12.5 Å². The van der Waals surface area contributed by atoms with Gasteiger partial charge >= 0.3 is 0 Å². The lowest BCUT2D eigenvalue weighted by Gasteiger charge is -2.13. The molecule has 0 unspecified atom stereocenters. The van der Waals surface area contributed by atoms with Crippen molar-refractivity contribution in [1.29, 1.82) is 0 Å². The molecule has 6 heteroatoms. The number of nitrogens with one attached hydrogen (secondary N) is 2. The Kier molecular flexibility index (Phi) is 2.83. The second kappa shape index (κ2) is 4.34. The largest absolute Gasteiger partial charge is 0.370 e. The number of aromatic amines is 1. The summed E-state index contributed by atoms with van der Waals surface area (Å²) in [6, 6.07) is 2.15. The molecule has 0 bridgehead atoms. The van der Waals surface area contributed by atoms with Crippen molar-refractivity contribution in [3.63, 3.8) is 0 Å². The zero-order valence-corrected chi connectivity index (χ0v) is 11.9. The van der Waals surface area contributed by atoms with E-state index in [1.807, 2.05) is 0 Å². The van der Waals surface area contributed by atoms with Crippen molar-refractivity contribution in [2.75, 3.05) is 5.32 Å². The van der Waals surface area contributed by atoms with E-state index in [9.17, 15) is 0 Å². The van der Waals surface area contributed by atoms with Gasteiger partial charge in [-0.1, -0.05) is 0 Å². The fourth-order valence-corrected chi connectivity index (χ4v) is 3.38. The standard InChI is InChI=1S/C11H11IN4S/c12-10-7(3-6-1-2-17-5-6)9-8(15-10)4-14-11(13)16-9/h1-2,5,15H,3-4H2,(H3,13,14,16). The van der Waals surface area contributed by atoms with Crippen LogP contribution in [-0.4, -0.2) is 10.9 Å². The smallest absolute Gasteiger partial charge is 0.193 e. The lowest BCUT2D eigenvalue weighted by atomic mass is 10.1. The van der Waals surface area contributed by atoms with Crippen LogP contribution in [0.1, 0.15) is 16.8 Å². The Morgan fingerprint density at radius 2 is 2.41 bits per heavy atom. The van der Waals surface area contributed by atoms with E-state index in [0.717, 1.165) is 21.5 Å². The second-order valence-electron chi connectivity index (χ2n) is 3.91. The molecule has 1 aliphatic rings. The van der Waals surface area contributed by atoms with E-state index in [1.54, 1.807) is 11.3 Å². The Hall–Kier alpha value is -1.02. The Morgan fingerprint density at radius 1 is 1.53 bits per heavy atom. The monoisotopic (exact) mass is 358 g/mol. The number of H-pyrrole nitrogens is 1. The predicted octanol–water partition coefficient (Wildman–Crippen LogP) is 2.51. The highest BCUT2D eigenvalue weighted by Gasteiger charge is 2.19. The third kappa shape index (κ3) is 2.06. The molecule has 3 heterocycles. The minimum Gasteiger partial charge on any atom is -0.370 e. The maximum Gasteiger partial charge on any atom is 0.193 e. The molecule has 1 aliphatic heterocycles. The molecule has 0 fully saturated rings. The highest BCUT2D eigenvalue weighted by molar-refractivity contribution is 14.1. The third-order valence-electron chi connectivity index (χ3n) is 2.75. The number of halogens is 1. The number of anilines is 1. The van der Waals surface area contributed by atoms with Crippen LogP contribution in [0.2, 0.25) is 0 Å². The zero-order valence-electron chi connectivity index (χ0n) is 8.96. The van der Waals surface area contributed by atoms with Crippen molar-refractivity contribution >= 4 is 45.6 Å². The van der Waals surface area contributed by atoms with Crippen molar-refractivity contribution < 1.29 is 0 Å². The quantitative estimate of drug-likeness (QED) is 0.723. The number of rotatable bonds is 2. The van der Waals surface area contributed by atoms with Crippen LogP contribution >= 0.6 is 33.9 Å². The van der Waals surface area contributed by atoms with Crippen LogP contribution in [0.15, 0.2) is 21.8 Å². The highest BCUT2D eigenvalue weighted by atomic mass is 127. The van der Waals surface area contributed by atoms with Gasteiger partial charge in [0.25, 0.3) is 0 Å². The van der Waals surface area contributed by atoms with Gasteiger partial charge in [0.05, 0.1) is 21.6 Å². The van der Waals surface area contributed by atoms with Gasteiger partial charge in [-0.2, -0.15) is 11.3 Å². The van der Waals surface area contributed by atoms with Gasteiger partial charge in [0.2, 0.25) is 0 Å². The van der Waals surface area contributed by atoms with Gasteiger partial charge in [-0.3, -0.25) is 0 Å². The van der Waals surface area contributed by atoms with Gasteiger partial charge in [0, 0.05) is 12.0 Å². The van der Waals surface area contributed by atoms with Crippen molar-refractivity contribution in [2.24, 2.45) is 10.7 Å². The van der Waals surface area contributed by atoms with Gasteiger partial charge in [-0.25, -0.2) is 4.99 Å². The molecule has 4 N–H and O–H groups in total. The number of nitrogens with two attached hydrogens (primary N) is 1. The molecule has 88 valence electrons. The molecular weight excluding hydrogens is 347 g/mol. The molecule has 0 saturated carbocycles. The summed E-state index contributed by atoms with van der Waals surface area (Å²) in [6.45, 7) is 0.633. The number of guanidine groups is 1. The van der Waals surface area contributed by atoms with Crippen LogP contribution < -0.4 is 11.1 Å². The molecule has 0 amide bonds. The van der Waals surface area contributed by atoms with Crippen LogP contribution in [-0.2, 0) is 13.0 Å². The molecule has 4 nitrogen and oxygen atoms in total. The molecule has 0 radical (unpaired) electrons. The van der Waals surface area contributed by atoms with E-state index in [2.05, 4.69) is 54.7 Å². The number of fused-ring (bicyclic) bond motifs is 1. The van der Waals surface area contributed by atoms with Crippen molar-refractivity contribution in [3.8, 4) is 0 Å². The van der Waals surface area contributed by atoms with E-state index in [4.69, 9.17) is 5.73 Å². The molecule has 0 aliphatic carbocycles. The summed E-state index contributed by atoms with van der Waals surface area (Å²) in [5.74, 6) is 0.500. The molecule has 17 heavy (non-hydrogen) atoms. The van der Waals surface area contributed by atoms with Gasteiger partial charge in [0.15, 0.2) is 5.96 Å². The first kappa shape index (κ1) is 11.1. The summed E-state index contributed by atoms with van der Waals surface area (Å²) < 4.78 is 1.16. The zero-order chi connectivity index (χ0) is 11.8. The summed E-state index contributed by atoms with van der Waals surface area (Å²) in [6.07, 6.45) is 0.924. The summed E-state index contributed by atoms with van der Waals surface area (Å²) in [5, 5.41) is 7.43. The minimum absolute atomic E-state index is 0.500. The van der Waals surface area contributed by atoms with Crippen molar-refractivity contribution in [2.45, 2.75) is 13.0 Å². The molecule has 0 aromatic carbocycles. The van der Waals surface area contributed by atoms with E-state index in [1.165, 1.54) is 11.1 Å². The molecule has 2 aromatic rings. The second-order valence-corrected chi connectivity index (χ2v) is 5.76. The number of hydrogen-bond acceptors (Lipinski definition) is 4. The average Bonchev–Trinajstić information content (AvgIpc) is 2.90. The van der Waals surface area contributed by atoms with Gasteiger partial charge in [-0.15, -0.1) is 0 Å². The molecule has 3 rings (SSSR count). The Balaban J connectivity index is 1.98. The summed E-state index contributed by atoms with van der Waals surface area (Å²) in [5.41, 5.74) is 10.6. The maximum absolute atomic E-state index is 5.73. The van der Waals surface area contributed by atoms with Crippen LogP contribution in [0, 0.1) is 3.70 Å². The minimum atomic E-state index is 0.500. The van der Waals surface area contributed by atoms with Gasteiger partial charge in [0.1, 0.15) is 0 Å². The van der Waals surface area contributed by atoms with Gasteiger partial charge < -0.3 is 16.0 Å². The SMILES string of the molecule is NC1=NCc2[nH]c(I)c(Cc3ccsc3)c2N1. The molecule has 0 spiro atoms. The fraction of sp³-hybridized carbons (Fsp3) is 0.182. The van der Waals surface area contributed by atoms with E-state index < -0.39 is 0 Å². The Morgan fingerprint density at radius 3 is 3.18 bits per heavy atom. The van der Waals surface area contributed by atoms with Crippen LogP contribution in [0.4, 0.5) is 5.69 Å². The summed E-state index contributed by atoms with van der Waals surface area (Å²) in [4.78, 5) is 7.54.